The number of amides is 2. The number of nitrogens with zero attached hydrogens (tertiary/aromatic N) is 3. The number of halogens is 1. The van der Waals surface area contributed by atoms with Crippen LogP contribution in [-0.2, 0) is 14.9 Å². The Morgan fingerprint density at radius 2 is 1.50 bits per heavy atom. The summed E-state index contributed by atoms with van der Waals surface area (Å²) in [5, 5.41) is 14.0. The molecule has 0 fully saturated rings. The number of fused-ring (bicyclic) bond motifs is 1. The first-order valence-electron chi connectivity index (χ1n) is 16.5. The first kappa shape index (κ1) is 35.4. The second kappa shape index (κ2) is 17.4. The van der Waals surface area contributed by atoms with Crippen molar-refractivity contribution >= 4 is 34.9 Å². The molecule has 0 aliphatic rings. The number of benzene rings is 1. The molecule has 0 bridgehead atoms. The van der Waals surface area contributed by atoms with Crippen molar-refractivity contribution in [3.8, 4) is 11.4 Å². The zero-order valence-electron chi connectivity index (χ0n) is 27.7. The standard InChI is InChI=1S/C34H53ClN6O3/c1-7-8-9-10-11-12-13-14-15-16-17-18-21-44-27(42)19-20-36-33(43)37-26-22-24(2)28(25(3)23-26)31-38-32-29(35)30(34(4,5)6)39-41(32)40-31/h22-23,39H,7-21H2,1-6H3,(H2,36,37,43). The van der Waals surface area contributed by atoms with E-state index in [4.69, 9.17) is 16.3 Å². The van der Waals surface area contributed by atoms with Crippen LogP contribution in [-0.4, -0.2) is 45.0 Å². The summed E-state index contributed by atoms with van der Waals surface area (Å²) in [6.45, 7) is 13.0. The minimum Gasteiger partial charge on any atom is -0.466 e. The fourth-order valence-corrected chi connectivity index (χ4v) is 5.89. The van der Waals surface area contributed by atoms with Gasteiger partial charge in [0.05, 0.1) is 18.7 Å². The number of esters is 1. The van der Waals surface area contributed by atoms with E-state index in [1.165, 1.54) is 64.2 Å². The van der Waals surface area contributed by atoms with Gasteiger partial charge in [-0.25, -0.2) is 9.78 Å². The molecular weight excluding hydrogens is 576 g/mol. The molecule has 0 radical (unpaired) electrons. The predicted octanol–water partition coefficient (Wildman–Crippen LogP) is 9.05. The largest absolute Gasteiger partial charge is 0.466 e. The number of carbonyl (C=O) groups is 2. The lowest BCUT2D eigenvalue weighted by atomic mass is 9.92. The number of carbonyl (C=O) groups excluding carboxylic acids is 2. The molecule has 2 amide bonds. The Balaban J connectivity index is 1.33. The Kier molecular flexibility index (Phi) is 14.0. The van der Waals surface area contributed by atoms with Gasteiger partial charge in [-0.15, -0.1) is 5.10 Å². The smallest absolute Gasteiger partial charge is 0.319 e. The molecule has 0 unspecified atom stereocenters. The van der Waals surface area contributed by atoms with Crippen molar-refractivity contribution in [2.45, 2.75) is 130 Å². The van der Waals surface area contributed by atoms with E-state index < -0.39 is 0 Å². The van der Waals surface area contributed by atoms with E-state index in [0.717, 1.165) is 35.2 Å². The van der Waals surface area contributed by atoms with Crippen molar-refractivity contribution in [3.63, 3.8) is 0 Å². The maximum Gasteiger partial charge on any atom is 0.319 e. The molecule has 10 heteroatoms. The Bertz CT molecular complexity index is 1330. The van der Waals surface area contributed by atoms with Crippen LogP contribution >= 0.6 is 11.6 Å². The second-order valence-corrected chi connectivity index (χ2v) is 13.3. The second-order valence-electron chi connectivity index (χ2n) is 12.9. The van der Waals surface area contributed by atoms with Gasteiger partial charge in [-0.05, 0) is 43.5 Å². The highest BCUT2D eigenvalue weighted by Crippen LogP contribution is 2.33. The molecular formula is C34H53ClN6O3. The molecule has 1 aromatic carbocycles. The van der Waals surface area contributed by atoms with Gasteiger partial charge in [-0.1, -0.05) is 110 Å². The van der Waals surface area contributed by atoms with Crippen molar-refractivity contribution in [2.75, 3.05) is 18.5 Å². The quantitative estimate of drug-likeness (QED) is 0.0960. The summed E-state index contributed by atoms with van der Waals surface area (Å²) in [7, 11) is 0. The van der Waals surface area contributed by atoms with E-state index >= 15 is 0 Å². The molecule has 0 atom stereocenters. The first-order chi connectivity index (χ1) is 21.0. The van der Waals surface area contributed by atoms with Crippen molar-refractivity contribution in [3.05, 3.63) is 34.0 Å². The lowest BCUT2D eigenvalue weighted by Crippen LogP contribution is -2.31. The fraction of sp³-hybridized carbons (Fsp3) is 0.647. The van der Waals surface area contributed by atoms with Gasteiger partial charge in [0, 0.05) is 23.2 Å². The number of nitrogens with one attached hydrogen (secondary N) is 3. The number of unbranched alkanes of at least 4 members (excludes halogenated alkanes) is 11. The zero-order chi connectivity index (χ0) is 32.1. The summed E-state index contributed by atoms with van der Waals surface area (Å²) in [6, 6.07) is 3.38. The number of urea groups is 1. The van der Waals surface area contributed by atoms with Gasteiger partial charge in [0.15, 0.2) is 11.5 Å². The number of hydrogen-bond donors (Lipinski definition) is 3. The Morgan fingerprint density at radius 3 is 2.05 bits per heavy atom. The molecule has 3 N–H and O–H groups in total. The van der Waals surface area contributed by atoms with Crippen LogP contribution in [0.3, 0.4) is 0 Å². The number of H-pyrrole nitrogens is 1. The summed E-state index contributed by atoms with van der Waals surface area (Å²) >= 11 is 6.60. The van der Waals surface area contributed by atoms with Crippen molar-refractivity contribution in [2.24, 2.45) is 0 Å². The number of aromatic amines is 1. The van der Waals surface area contributed by atoms with E-state index in [1.54, 1.807) is 4.63 Å². The Hall–Kier alpha value is -3.07. The van der Waals surface area contributed by atoms with Crippen molar-refractivity contribution in [1.29, 1.82) is 0 Å². The number of rotatable bonds is 18. The lowest BCUT2D eigenvalue weighted by molar-refractivity contribution is -0.143. The summed E-state index contributed by atoms with van der Waals surface area (Å²) in [4.78, 5) is 29.2. The van der Waals surface area contributed by atoms with Crippen LogP contribution in [0, 0.1) is 13.8 Å². The molecule has 0 aliphatic heterocycles. The molecule has 9 nitrogen and oxygen atoms in total. The highest BCUT2D eigenvalue weighted by atomic mass is 35.5. The minimum atomic E-state index is -0.375. The lowest BCUT2D eigenvalue weighted by Gasteiger charge is -2.16. The highest BCUT2D eigenvalue weighted by molar-refractivity contribution is 6.34. The van der Waals surface area contributed by atoms with Gasteiger partial charge in [0.1, 0.15) is 5.02 Å². The number of aryl methyl sites for hydroxylation is 2. The molecule has 3 aromatic rings. The van der Waals surface area contributed by atoms with Gasteiger partial charge in [0.25, 0.3) is 0 Å². The van der Waals surface area contributed by atoms with Gasteiger partial charge in [0.2, 0.25) is 0 Å². The molecule has 2 aromatic heterocycles. The average Bonchev–Trinajstić information content (AvgIpc) is 3.49. The van der Waals surface area contributed by atoms with Crippen LogP contribution in [0.25, 0.3) is 17.0 Å². The number of anilines is 1. The van der Waals surface area contributed by atoms with Gasteiger partial charge >= 0.3 is 12.0 Å². The van der Waals surface area contributed by atoms with E-state index in [0.29, 0.717) is 28.8 Å². The summed E-state index contributed by atoms with van der Waals surface area (Å²) in [5.74, 6) is 0.273. The monoisotopic (exact) mass is 628 g/mol. The molecule has 0 aliphatic carbocycles. The van der Waals surface area contributed by atoms with Crippen LogP contribution in [0.2, 0.25) is 5.02 Å². The van der Waals surface area contributed by atoms with E-state index in [9.17, 15) is 9.59 Å². The molecule has 2 heterocycles. The van der Waals surface area contributed by atoms with E-state index in [1.807, 2.05) is 26.0 Å². The van der Waals surface area contributed by atoms with Gasteiger partial charge in [-0.2, -0.15) is 4.63 Å². The topological polar surface area (TPSA) is 113 Å². The van der Waals surface area contributed by atoms with Gasteiger partial charge in [-0.3, -0.25) is 9.89 Å². The summed E-state index contributed by atoms with van der Waals surface area (Å²) in [5.41, 5.74) is 4.67. The third-order valence-electron chi connectivity index (χ3n) is 7.88. The number of aromatic nitrogens is 4. The van der Waals surface area contributed by atoms with Gasteiger partial charge < -0.3 is 15.4 Å². The SMILES string of the molecule is CCCCCCCCCCCCCCOC(=O)CCNC(=O)Nc1cc(C)c(-c2nc3c(Cl)c(C(C)(C)C)[nH]n3n2)c(C)c1. The van der Waals surface area contributed by atoms with Crippen LogP contribution < -0.4 is 10.6 Å². The maximum atomic E-state index is 12.5. The minimum absolute atomic E-state index is 0.140. The van der Waals surface area contributed by atoms with Crippen LogP contribution in [0.15, 0.2) is 12.1 Å². The zero-order valence-corrected chi connectivity index (χ0v) is 28.5. The molecule has 3 rings (SSSR count). The van der Waals surface area contributed by atoms with E-state index in [-0.39, 0.29) is 30.4 Å². The third kappa shape index (κ3) is 10.8. The summed E-state index contributed by atoms with van der Waals surface area (Å²) < 4.78 is 6.94. The molecule has 0 saturated heterocycles. The van der Waals surface area contributed by atoms with E-state index in [2.05, 4.69) is 53.5 Å². The Labute approximate surface area is 268 Å². The first-order valence-corrected chi connectivity index (χ1v) is 16.9. The van der Waals surface area contributed by atoms with Crippen LogP contribution in [0.1, 0.15) is 128 Å². The highest BCUT2D eigenvalue weighted by Gasteiger charge is 2.25. The number of ether oxygens (including phenoxy) is 1. The molecule has 44 heavy (non-hydrogen) atoms. The fourth-order valence-electron chi connectivity index (χ4n) is 5.44. The summed E-state index contributed by atoms with van der Waals surface area (Å²) in [6.07, 6.45) is 15.4. The average molecular weight is 629 g/mol. The molecule has 0 spiro atoms. The number of hydrogen-bond acceptors (Lipinski definition) is 5. The normalized spacial score (nSPS) is 11.7. The maximum absolute atomic E-state index is 12.5. The van der Waals surface area contributed by atoms with Crippen LogP contribution in [0.5, 0.6) is 0 Å². The predicted molar refractivity (Wildman–Crippen MR) is 180 cm³/mol. The van der Waals surface area contributed by atoms with Crippen LogP contribution in [0.4, 0.5) is 10.5 Å². The third-order valence-corrected chi connectivity index (χ3v) is 8.24. The Morgan fingerprint density at radius 1 is 0.932 bits per heavy atom. The van der Waals surface area contributed by atoms with Crippen molar-refractivity contribution < 1.29 is 14.3 Å². The van der Waals surface area contributed by atoms with Crippen molar-refractivity contribution in [1.82, 2.24) is 25.1 Å². The molecule has 0 saturated carbocycles. The molecule has 244 valence electrons.